The molecule has 6 rings (SSSR count). The molecule has 1 aliphatic heterocycles. The van der Waals surface area contributed by atoms with Crippen LogP contribution in [0.1, 0.15) is 34.5 Å². The Morgan fingerprint density at radius 1 is 1.07 bits per heavy atom. The number of hydrogen-bond acceptors (Lipinski definition) is 7. The predicted molar refractivity (Wildman–Crippen MR) is 168 cm³/mol. The van der Waals surface area contributed by atoms with Crippen LogP contribution in [0.15, 0.2) is 106 Å². The normalized spacial score (nSPS) is 14.8. The van der Waals surface area contributed by atoms with E-state index in [1.807, 2.05) is 47.8 Å². The zero-order valence-electron chi connectivity index (χ0n) is 22.8. The highest BCUT2D eigenvalue weighted by Crippen LogP contribution is 2.37. The van der Waals surface area contributed by atoms with E-state index in [2.05, 4.69) is 0 Å². The Hall–Kier alpha value is -4.31. The zero-order valence-corrected chi connectivity index (χ0v) is 25.2. The molecule has 0 saturated carbocycles. The first-order valence-corrected chi connectivity index (χ1v) is 15.5. The molecule has 216 valence electrons. The molecule has 6 nitrogen and oxygen atoms in total. The van der Waals surface area contributed by atoms with Crippen molar-refractivity contribution in [2.45, 2.75) is 19.6 Å². The molecule has 0 unspecified atom stereocenters. The number of thiophene rings is 1. The number of carbonyl (C=O) groups excluding carboxylic acids is 1. The van der Waals surface area contributed by atoms with Crippen molar-refractivity contribution >= 4 is 52.0 Å². The topological polar surface area (TPSA) is 69.9 Å². The summed E-state index contributed by atoms with van der Waals surface area (Å²) in [4.78, 5) is 33.7. The van der Waals surface area contributed by atoms with Gasteiger partial charge >= 0.3 is 5.97 Å². The predicted octanol–water partition coefficient (Wildman–Crippen LogP) is 6.37. The smallest absolute Gasteiger partial charge is 0.338 e. The molecule has 1 atom stereocenters. The molecule has 5 aromatic rings. The number of carbonyl (C=O) groups is 1. The third kappa shape index (κ3) is 5.97. The molecule has 0 bridgehead atoms. The third-order valence-electron chi connectivity index (χ3n) is 6.75. The lowest BCUT2D eigenvalue weighted by molar-refractivity contribution is -0.138. The maximum atomic E-state index is 14.1. The number of esters is 1. The fourth-order valence-corrected chi connectivity index (χ4v) is 6.80. The molecular weight excluding hydrogens is 607 g/mol. The highest BCUT2D eigenvalue weighted by molar-refractivity contribution is 7.10. The highest BCUT2D eigenvalue weighted by atomic mass is 35.5. The van der Waals surface area contributed by atoms with Gasteiger partial charge in [-0.1, -0.05) is 71.5 Å². The van der Waals surface area contributed by atoms with Crippen LogP contribution < -0.4 is 19.6 Å². The Morgan fingerprint density at radius 3 is 2.58 bits per heavy atom. The molecule has 3 heterocycles. The van der Waals surface area contributed by atoms with Gasteiger partial charge in [0.2, 0.25) is 0 Å². The first kappa shape index (κ1) is 28.8. The summed E-state index contributed by atoms with van der Waals surface area (Å²) in [7, 11) is 0. The van der Waals surface area contributed by atoms with E-state index < -0.39 is 12.0 Å². The SMILES string of the molecule is CCOC(=O)C1=C(c2ccccc2)N=c2s/c(=C\c3cc(Cl)ccc3OCc3ccc(F)cc3)c(=O)n2[C@H]1c1cccs1. The Balaban J connectivity index is 1.51. The van der Waals surface area contributed by atoms with Gasteiger partial charge in [-0.3, -0.25) is 9.36 Å². The monoisotopic (exact) mass is 630 g/mol. The summed E-state index contributed by atoms with van der Waals surface area (Å²) < 4.78 is 26.9. The summed E-state index contributed by atoms with van der Waals surface area (Å²) in [6.45, 7) is 2.13. The molecule has 0 aliphatic carbocycles. The minimum Gasteiger partial charge on any atom is -0.488 e. The van der Waals surface area contributed by atoms with Gasteiger partial charge in [0, 0.05) is 21.0 Å². The van der Waals surface area contributed by atoms with Gasteiger partial charge in [0.05, 0.1) is 22.4 Å². The molecule has 43 heavy (non-hydrogen) atoms. The molecule has 2 aromatic heterocycles. The number of benzene rings is 3. The van der Waals surface area contributed by atoms with Crippen molar-refractivity contribution in [1.82, 2.24) is 4.57 Å². The number of ether oxygens (including phenoxy) is 2. The van der Waals surface area contributed by atoms with Crippen molar-refractivity contribution in [3.8, 4) is 5.75 Å². The largest absolute Gasteiger partial charge is 0.488 e. The summed E-state index contributed by atoms with van der Waals surface area (Å²) in [5.41, 5.74) is 2.60. The van der Waals surface area contributed by atoms with E-state index in [1.165, 1.54) is 34.8 Å². The van der Waals surface area contributed by atoms with E-state index in [0.717, 1.165) is 16.0 Å². The second-order valence-electron chi connectivity index (χ2n) is 9.54. The van der Waals surface area contributed by atoms with Crippen molar-refractivity contribution in [2.75, 3.05) is 6.61 Å². The lowest BCUT2D eigenvalue weighted by Gasteiger charge is -2.24. The molecule has 0 spiro atoms. The molecule has 0 fully saturated rings. The lowest BCUT2D eigenvalue weighted by atomic mass is 9.97. The van der Waals surface area contributed by atoms with Crippen molar-refractivity contribution in [3.05, 3.63) is 148 Å². The molecule has 0 N–H and O–H groups in total. The van der Waals surface area contributed by atoms with E-state index in [-0.39, 0.29) is 24.6 Å². The number of nitrogens with zero attached hydrogens (tertiary/aromatic N) is 2. The molecular formula is C33H24ClFN2O4S2. The van der Waals surface area contributed by atoms with E-state index in [0.29, 0.717) is 36.9 Å². The van der Waals surface area contributed by atoms with E-state index >= 15 is 0 Å². The number of hydrogen-bond donors (Lipinski definition) is 0. The van der Waals surface area contributed by atoms with E-state index in [1.54, 1.807) is 47.9 Å². The summed E-state index contributed by atoms with van der Waals surface area (Å²) >= 11 is 9.02. The van der Waals surface area contributed by atoms with Gasteiger partial charge in [-0.2, -0.15) is 0 Å². The highest BCUT2D eigenvalue weighted by Gasteiger charge is 2.35. The third-order valence-corrected chi connectivity index (χ3v) is 8.90. The van der Waals surface area contributed by atoms with Crippen LogP contribution in [-0.2, 0) is 16.1 Å². The quantitative estimate of drug-likeness (QED) is 0.187. The minimum atomic E-state index is -0.721. The van der Waals surface area contributed by atoms with E-state index in [4.69, 9.17) is 26.1 Å². The summed E-state index contributed by atoms with van der Waals surface area (Å²) in [6, 6.07) is 23.7. The molecule has 1 aliphatic rings. The second kappa shape index (κ2) is 12.5. The average Bonchev–Trinajstić information content (AvgIpc) is 3.66. The van der Waals surface area contributed by atoms with Gasteiger partial charge in [0.25, 0.3) is 5.56 Å². The maximum Gasteiger partial charge on any atom is 0.338 e. The van der Waals surface area contributed by atoms with Crippen LogP contribution >= 0.6 is 34.3 Å². The van der Waals surface area contributed by atoms with Gasteiger partial charge in [-0.25, -0.2) is 14.2 Å². The average molecular weight is 631 g/mol. The van der Waals surface area contributed by atoms with Crippen LogP contribution in [0.3, 0.4) is 0 Å². The molecule has 0 saturated heterocycles. The first-order chi connectivity index (χ1) is 20.9. The number of rotatable bonds is 8. The Labute approximate surface area is 259 Å². The van der Waals surface area contributed by atoms with E-state index in [9.17, 15) is 14.0 Å². The Bertz CT molecular complexity index is 2000. The van der Waals surface area contributed by atoms with Crippen LogP contribution in [0.5, 0.6) is 5.75 Å². The molecule has 0 radical (unpaired) electrons. The number of aromatic nitrogens is 1. The molecule has 3 aromatic carbocycles. The fourth-order valence-electron chi connectivity index (χ4n) is 4.80. The second-order valence-corrected chi connectivity index (χ2v) is 12.0. The summed E-state index contributed by atoms with van der Waals surface area (Å²) in [5, 5.41) is 2.38. The summed E-state index contributed by atoms with van der Waals surface area (Å²) in [6.07, 6.45) is 1.72. The number of fused-ring (bicyclic) bond motifs is 1. The van der Waals surface area contributed by atoms with Crippen LogP contribution in [0, 0.1) is 5.82 Å². The van der Waals surface area contributed by atoms with Gasteiger partial charge in [0.15, 0.2) is 4.80 Å². The van der Waals surface area contributed by atoms with Crippen LogP contribution in [0.25, 0.3) is 11.8 Å². The van der Waals surface area contributed by atoms with Crippen molar-refractivity contribution in [3.63, 3.8) is 0 Å². The molecule has 0 amide bonds. The standard InChI is InChI=1S/C33H24ClFN2O4S2/c1-2-40-32(39)28-29(21-7-4-3-5-8-21)36-33-37(30(28)26-9-6-16-42-26)31(38)27(43-33)18-22-17-23(34)12-15-25(22)41-19-20-10-13-24(35)14-11-20/h3-18,30H,2,19H2,1H3/b27-18-/t30-/m0/s1. The first-order valence-electron chi connectivity index (χ1n) is 13.4. The minimum absolute atomic E-state index is 0.182. The van der Waals surface area contributed by atoms with Gasteiger partial charge in [-0.15, -0.1) is 11.3 Å². The Kier molecular flexibility index (Phi) is 8.38. The van der Waals surface area contributed by atoms with Crippen LogP contribution in [0.2, 0.25) is 5.02 Å². The molecule has 10 heteroatoms. The van der Waals surface area contributed by atoms with Crippen LogP contribution in [0.4, 0.5) is 4.39 Å². The fraction of sp³-hybridized carbons (Fsp3) is 0.121. The van der Waals surface area contributed by atoms with Gasteiger partial charge in [-0.05, 0) is 60.3 Å². The van der Waals surface area contributed by atoms with Crippen molar-refractivity contribution < 1.29 is 18.7 Å². The number of thiazole rings is 1. The zero-order chi connectivity index (χ0) is 29.9. The van der Waals surface area contributed by atoms with Crippen LogP contribution in [-0.4, -0.2) is 17.1 Å². The van der Waals surface area contributed by atoms with Gasteiger partial charge < -0.3 is 9.47 Å². The lowest BCUT2D eigenvalue weighted by Crippen LogP contribution is -2.39. The summed E-state index contributed by atoms with van der Waals surface area (Å²) in [5.74, 6) is -0.343. The van der Waals surface area contributed by atoms with Gasteiger partial charge in [0.1, 0.15) is 24.2 Å². The number of halogens is 2. The van der Waals surface area contributed by atoms with Crippen molar-refractivity contribution in [1.29, 1.82) is 0 Å². The van der Waals surface area contributed by atoms with Crippen molar-refractivity contribution in [2.24, 2.45) is 4.99 Å². The maximum absolute atomic E-state index is 14.1. The Morgan fingerprint density at radius 2 is 1.86 bits per heavy atom.